The highest BCUT2D eigenvalue weighted by molar-refractivity contribution is 7.80. The highest BCUT2D eigenvalue weighted by Crippen LogP contribution is 2.20. The molecular weight excluding hydrogens is 963 g/mol. The SMILES string of the molecule is CC(C)C[C@H](NC(=O)[C@H](Cc1c[nH]c2ccccc12)NC(=O)[C@H](CCC(N)=O)NC(=O)[C@H](CC(=O)O)NC(=O)[C@@H](N)CC(C)C)C(=O)N[C@@H](CS)C(=O)N[C@@H](CCC(=O)O)C(=O)N[C@@H](CCCCN)C(=O)O. The number of carbonyl (C=O) groups excluding carboxylic acids is 8. The second-order valence-corrected chi connectivity index (χ2v) is 18.6. The van der Waals surface area contributed by atoms with E-state index in [1.54, 1.807) is 58.2 Å². The Morgan fingerprint density at radius 3 is 1.61 bits per heavy atom. The quantitative estimate of drug-likeness (QED) is 0.0274. The van der Waals surface area contributed by atoms with Crippen LogP contribution in [0.5, 0.6) is 0 Å². The number of thiol groups is 1. The number of fused-ring (bicyclic) bond motifs is 1. The lowest BCUT2D eigenvalue weighted by Crippen LogP contribution is -2.61. The van der Waals surface area contributed by atoms with Gasteiger partial charge in [0.25, 0.3) is 0 Å². The number of aromatic amines is 1. The van der Waals surface area contributed by atoms with Crippen molar-refractivity contribution in [2.75, 3.05) is 12.3 Å². The molecule has 1 aromatic heterocycles. The van der Waals surface area contributed by atoms with Crippen molar-refractivity contribution >= 4 is 88.7 Å². The van der Waals surface area contributed by atoms with Crippen LogP contribution in [-0.4, -0.2) is 146 Å². The van der Waals surface area contributed by atoms with Crippen LogP contribution in [0.2, 0.25) is 0 Å². The number of carboxylic acid groups (broad SMARTS) is 3. The van der Waals surface area contributed by atoms with Gasteiger partial charge in [0.1, 0.15) is 42.3 Å². The van der Waals surface area contributed by atoms with Crippen molar-refractivity contribution in [3.8, 4) is 0 Å². The zero-order chi connectivity index (χ0) is 54.2. The Kier molecular flexibility index (Phi) is 26.3. The molecule has 0 aliphatic carbocycles. The first-order chi connectivity index (χ1) is 33.9. The molecule has 0 saturated carbocycles. The van der Waals surface area contributed by atoms with Gasteiger partial charge in [-0.1, -0.05) is 45.9 Å². The highest BCUT2D eigenvalue weighted by atomic mass is 32.1. The van der Waals surface area contributed by atoms with E-state index in [1.807, 2.05) is 0 Å². The van der Waals surface area contributed by atoms with Crippen LogP contribution in [0, 0.1) is 11.8 Å². The molecule has 0 bridgehead atoms. The molecule has 0 unspecified atom stereocenters. The molecule has 400 valence electrons. The average Bonchev–Trinajstić information content (AvgIpc) is 3.71. The van der Waals surface area contributed by atoms with Crippen LogP contribution in [0.15, 0.2) is 30.5 Å². The zero-order valence-electron chi connectivity index (χ0n) is 40.9. The monoisotopic (exact) mass is 1030 g/mol. The lowest BCUT2D eigenvalue weighted by molar-refractivity contribution is -0.143. The summed E-state index contributed by atoms with van der Waals surface area (Å²) >= 11 is 4.20. The molecule has 0 aliphatic heterocycles. The lowest BCUT2D eigenvalue weighted by Gasteiger charge is -2.28. The number of hydrogen-bond acceptors (Lipinski definition) is 14. The number of hydrogen-bond donors (Lipinski definition) is 15. The summed E-state index contributed by atoms with van der Waals surface area (Å²) in [6.07, 6.45) is -0.527. The number of H-pyrrole nitrogens is 1. The summed E-state index contributed by atoms with van der Waals surface area (Å²) in [7, 11) is 0. The van der Waals surface area contributed by atoms with Crippen molar-refractivity contribution in [2.24, 2.45) is 29.0 Å². The number of amides is 8. The summed E-state index contributed by atoms with van der Waals surface area (Å²) in [5.74, 6) is -12.5. The topological polar surface area (TPSA) is 427 Å². The van der Waals surface area contributed by atoms with Crippen molar-refractivity contribution in [3.63, 3.8) is 0 Å². The van der Waals surface area contributed by atoms with E-state index in [0.29, 0.717) is 29.3 Å². The fourth-order valence-electron chi connectivity index (χ4n) is 7.38. The molecule has 8 amide bonds. The Morgan fingerprint density at radius 1 is 0.583 bits per heavy atom. The van der Waals surface area contributed by atoms with E-state index in [0.717, 1.165) is 0 Å². The second kappa shape index (κ2) is 30.8. The molecule has 0 fully saturated rings. The van der Waals surface area contributed by atoms with Crippen LogP contribution in [0.1, 0.15) is 97.5 Å². The summed E-state index contributed by atoms with van der Waals surface area (Å²) in [6.45, 7) is 7.34. The number of aromatic nitrogens is 1. The van der Waals surface area contributed by atoms with Crippen molar-refractivity contribution < 1.29 is 68.1 Å². The number of rotatable bonds is 34. The molecule has 1 aromatic carbocycles. The largest absolute Gasteiger partial charge is 0.481 e. The van der Waals surface area contributed by atoms with Gasteiger partial charge in [0.05, 0.1) is 12.5 Å². The van der Waals surface area contributed by atoms with E-state index >= 15 is 0 Å². The Hall–Kier alpha value is -6.80. The van der Waals surface area contributed by atoms with E-state index in [-0.39, 0.29) is 49.8 Å². The van der Waals surface area contributed by atoms with Crippen LogP contribution in [0.4, 0.5) is 0 Å². The van der Waals surface area contributed by atoms with Crippen molar-refractivity contribution in [2.45, 2.75) is 147 Å². The summed E-state index contributed by atoms with van der Waals surface area (Å²) < 4.78 is 0. The second-order valence-electron chi connectivity index (χ2n) is 18.2. The first-order valence-corrected chi connectivity index (χ1v) is 24.2. The van der Waals surface area contributed by atoms with Crippen molar-refractivity contribution in [1.82, 2.24) is 42.2 Å². The maximum absolute atomic E-state index is 14.5. The van der Waals surface area contributed by atoms with Crippen LogP contribution >= 0.6 is 12.6 Å². The molecule has 25 nitrogen and oxygen atoms in total. The van der Waals surface area contributed by atoms with E-state index in [9.17, 15) is 68.1 Å². The third kappa shape index (κ3) is 21.7. The van der Waals surface area contributed by atoms with E-state index in [4.69, 9.17) is 17.2 Å². The smallest absolute Gasteiger partial charge is 0.326 e. The van der Waals surface area contributed by atoms with Gasteiger partial charge < -0.3 is 74.7 Å². The third-order valence-corrected chi connectivity index (χ3v) is 11.5. The van der Waals surface area contributed by atoms with Crippen LogP contribution in [-0.2, 0) is 59.2 Å². The maximum Gasteiger partial charge on any atom is 0.326 e. The zero-order valence-corrected chi connectivity index (χ0v) is 41.8. The summed E-state index contributed by atoms with van der Waals surface area (Å²) in [5, 5.41) is 46.3. The number of nitrogens with one attached hydrogen (secondary N) is 8. The Labute approximate surface area is 421 Å². The van der Waals surface area contributed by atoms with Gasteiger partial charge in [0.2, 0.25) is 47.3 Å². The van der Waals surface area contributed by atoms with E-state index in [2.05, 4.69) is 54.8 Å². The number of carbonyl (C=O) groups is 11. The van der Waals surface area contributed by atoms with Crippen LogP contribution < -0.4 is 54.4 Å². The molecule has 0 spiro atoms. The number of benzene rings is 1. The Balaban J connectivity index is 2.49. The predicted octanol–water partition coefficient (Wildman–Crippen LogP) is -1.73. The maximum atomic E-state index is 14.5. The standard InChI is InChI=1S/C46H71N11O14S/c1-23(2)17-27(48)39(63)54-34(20-38(61)62)44(68)51-29(12-14-36(49)58)41(65)56-33(19-25-21-50-28-10-6-5-9-26(25)28)43(67)55-32(18-24(3)4)42(66)57-35(22-72)45(69)52-30(13-15-37(59)60)40(64)53-31(46(70)71)11-7-8-16-47/h5-6,9-10,21,23-24,27,29-35,50,72H,7-8,11-20,22,47-48H2,1-4H3,(H2,49,58)(H,51,68)(H,52,69)(H,53,64)(H,54,63)(H,55,67)(H,56,65)(H,57,66)(H,59,60)(H,61,62)(H,70,71)/t27-,29-,30-,31-,32-,33-,34-,35-/m0/s1. The number of primary amides is 1. The summed E-state index contributed by atoms with van der Waals surface area (Å²) in [4.78, 5) is 146. The Bertz CT molecular complexity index is 2220. The molecule has 26 heteroatoms. The van der Waals surface area contributed by atoms with E-state index in [1.165, 1.54) is 0 Å². The number of aliphatic carboxylic acids is 3. The summed E-state index contributed by atoms with van der Waals surface area (Å²) in [5.41, 5.74) is 18.1. The first kappa shape index (κ1) is 61.3. The third-order valence-electron chi connectivity index (χ3n) is 11.1. The van der Waals surface area contributed by atoms with Gasteiger partial charge in [-0.3, -0.25) is 47.9 Å². The highest BCUT2D eigenvalue weighted by Gasteiger charge is 2.35. The van der Waals surface area contributed by atoms with Gasteiger partial charge in [-0.05, 0) is 75.0 Å². The minimum atomic E-state index is -1.73. The molecule has 2 rings (SSSR count). The van der Waals surface area contributed by atoms with Gasteiger partial charge in [-0.2, -0.15) is 12.6 Å². The molecule has 0 radical (unpaired) electrons. The fourth-order valence-corrected chi connectivity index (χ4v) is 7.64. The Morgan fingerprint density at radius 2 is 1.07 bits per heavy atom. The fraction of sp³-hybridized carbons (Fsp3) is 0.587. The minimum absolute atomic E-state index is 0.000461. The number of para-hydroxylation sites is 1. The molecular formula is C46H71N11O14S. The van der Waals surface area contributed by atoms with Crippen LogP contribution in [0.3, 0.4) is 0 Å². The van der Waals surface area contributed by atoms with Crippen LogP contribution in [0.25, 0.3) is 10.9 Å². The molecule has 8 atom stereocenters. The molecule has 1 heterocycles. The molecule has 17 N–H and O–H groups in total. The van der Waals surface area contributed by atoms with Gasteiger partial charge in [-0.15, -0.1) is 0 Å². The molecule has 72 heavy (non-hydrogen) atoms. The number of unbranched alkanes of at least 4 members (excludes halogenated alkanes) is 1. The summed E-state index contributed by atoms with van der Waals surface area (Å²) in [6, 6.07) is -4.83. The minimum Gasteiger partial charge on any atom is -0.481 e. The number of carboxylic acids is 3. The normalized spacial score (nSPS) is 14.6. The first-order valence-electron chi connectivity index (χ1n) is 23.6. The van der Waals surface area contributed by atoms with Gasteiger partial charge in [0, 0.05) is 42.1 Å². The number of nitrogens with two attached hydrogens (primary N) is 3. The van der Waals surface area contributed by atoms with Crippen molar-refractivity contribution in [3.05, 3.63) is 36.0 Å². The van der Waals surface area contributed by atoms with Crippen molar-refractivity contribution in [1.29, 1.82) is 0 Å². The van der Waals surface area contributed by atoms with E-state index < -0.39 is 146 Å². The lowest BCUT2D eigenvalue weighted by atomic mass is 10.00. The van der Waals surface area contributed by atoms with Gasteiger partial charge in [0.15, 0.2) is 0 Å². The molecule has 0 aliphatic rings. The molecule has 2 aromatic rings. The average molecular weight is 1030 g/mol. The predicted molar refractivity (Wildman–Crippen MR) is 264 cm³/mol. The van der Waals surface area contributed by atoms with Gasteiger partial charge >= 0.3 is 17.9 Å². The van der Waals surface area contributed by atoms with Gasteiger partial charge in [-0.25, -0.2) is 4.79 Å². The molecule has 0 saturated heterocycles.